The van der Waals surface area contributed by atoms with Crippen LogP contribution in [-0.4, -0.2) is 35.3 Å². The number of fused-ring (bicyclic) bond motifs is 2. The Kier molecular flexibility index (Phi) is 6.58. The molecule has 0 radical (unpaired) electrons. The average Bonchev–Trinajstić information content (AvgIpc) is 2.98. The van der Waals surface area contributed by atoms with Gasteiger partial charge < -0.3 is 38.7 Å². The van der Waals surface area contributed by atoms with Gasteiger partial charge in [0.25, 0.3) is 0 Å². The fourth-order valence-electron chi connectivity index (χ4n) is 4.87. The Bertz CT molecular complexity index is 1890. The zero-order valence-corrected chi connectivity index (χ0v) is 22.4. The Balaban J connectivity index is 1.30. The van der Waals surface area contributed by atoms with Crippen molar-refractivity contribution in [2.24, 2.45) is 0 Å². The highest BCUT2D eigenvalue weighted by Gasteiger charge is 2.34. The summed E-state index contributed by atoms with van der Waals surface area (Å²) in [5, 5.41) is 30.9. The van der Waals surface area contributed by atoms with Crippen LogP contribution in [0.5, 0.6) is 46.0 Å². The molecule has 10 heteroatoms. The van der Waals surface area contributed by atoms with Crippen LogP contribution in [0, 0.1) is 0 Å². The maximum Gasteiger partial charge on any atom is 0.211 e. The van der Waals surface area contributed by atoms with E-state index >= 15 is 0 Å². The van der Waals surface area contributed by atoms with Crippen LogP contribution < -0.4 is 24.4 Å². The van der Waals surface area contributed by atoms with E-state index in [1.807, 2.05) is 0 Å². The molecule has 10 nitrogen and oxygen atoms in total. The number of methoxy groups -OCH3 is 2. The summed E-state index contributed by atoms with van der Waals surface area (Å²) in [6.07, 6.45) is -0.624. The van der Waals surface area contributed by atoms with Crippen molar-refractivity contribution in [2.75, 3.05) is 14.2 Å². The summed E-state index contributed by atoms with van der Waals surface area (Å²) in [6, 6.07) is 18.5. The van der Waals surface area contributed by atoms with E-state index in [9.17, 15) is 24.9 Å². The van der Waals surface area contributed by atoms with Gasteiger partial charge in [0.1, 0.15) is 57.1 Å². The second-order valence-corrected chi connectivity index (χ2v) is 9.58. The highest BCUT2D eigenvalue weighted by Crippen LogP contribution is 2.50. The summed E-state index contributed by atoms with van der Waals surface area (Å²) in [7, 11) is 2.84. The van der Waals surface area contributed by atoms with Gasteiger partial charge in [-0.15, -0.1) is 0 Å². The lowest BCUT2D eigenvalue weighted by Gasteiger charge is -2.27. The first-order valence-corrected chi connectivity index (χ1v) is 12.8. The molecule has 0 saturated heterocycles. The van der Waals surface area contributed by atoms with Crippen molar-refractivity contribution in [3.05, 3.63) is 94.1 Å². The van der Waals surface area contributed by atoms with E-state index < -0.39 is 17.3 Å². The molecular formula is C32H24O10. The van der Waals surface area contributed by atoms with E-state index in [-0.39, 0.29) is 63.2 Å². The molecule has 4 aromatic carbocycles. The monoisotopic (exact) mass is 568 g/mol. The minimum atomic E-state index is -0.603. The number of phenols is 3. The van der Waals surface area contributed by atoms with E-state index in [4.69, 9.17) is 23.4 Å². The van der Waals surface area contributed by atoms with Crippen molar-refractivity contribution < 1.29 is 43.5 Å². The number of carbonyl (C=O) groups excluding carboxylic acids is 1. The lowest BCUT2D eigenvalue weighted by molar-refractivity contribution is 0.0843. The fraction of sp³-hybridized carbons (Fsp3) is 0.125. The molecule has 1 atom stereocenters. The zero-order valence-electron chi connectivity index (χ0n) is 22.4. The lowest BCUT2D eigenvalue weighted by atomic mass is 9.95. The molecule has 2 heterocycles. The second kappa shape index (κ2) is 10.4. The Hall–Kier alpha value is -5.64. The predicted octanol–water partition coefficient (Wildman–Crippen LogP) is 6.09. The molecule has 3 N–H and O–H groups in total. The van der Waals surface area contributed by atoms with Crippen molar-refractivity contribution in [1.82, 2.24) is 0 Å². The van der Waals surface area contributed by atoms with Crippen molar-refractivity contribution in [1.29, 1.82) is 0 Å². The van der Waals surface area contributed by atoms with Gasteiger partial charge in [-0.1, -0.05) is 12.1 Å². The molecule has 5 aromatic rings. The smallest absolute Gasteiger partial charge is 0.211 e. The zero-order chi connectivity index (χ0) is 29.5. The summed E-state index contributed by atoms with van der Waals surface area (Å²) in [4.78, 5) is 25.8. The summed E-state index contributed by atoms with van der Waals surface area (Å²) in [6.45, 7) is 0. The number of ether oxygens (including phenoxy) is 4. The van der Waals surface area contributed by atoms with Gasteiger partial charge in [0, 0.05) is 29.8 Å². The molecule has 0 bridgehead atoms. The van der Waals surface area contributed by atoms with E-state index in [1.165, 1.54) is 50.6 Å². The van der Waals surface area contributed by atoms with Gasteiger partial charge in [0.15, 0.2) is 22.7 Å². The maximum absolute atomic E-state index is 13.1. The molecule has 0 spiro atoms. The van der Waals surface area contributed by atoms with Crippen LogP contribution in [0.2, 0.25) is 0 Å². The Morgan fingerprint density at radius 3 is 2.26 bits per heavy atom. The number of ketones is 1. The molecule has 212 valence electrons. The molecule has 1 aliphatic rings. The molecule has 0 aliphatic carbocycles. The SMILES string of the molecule is COc1cc(O)c2c(=O)cc(-c3ccc(Oc4c(OC)cc5c(c4O)C(=O)C[C@@H](c4ccc(O)cc4)O5)cc3)oc2c1. The molecule has 42 heavy (non-hydrogen) atoms. The summed E-state index contributed by atoms with van der Waals surface area (Å²) in [5.41, 5.74) is 0.972. The normalized spacial score (nSPS) is 14.2. The highest BCUT2D eigenvalue weighted by molar-refractivity contribution is 6.03. The molecule has 0 fully saturated rings. The number of benzene rings is 4. The fourth-order valence-corrected chi connectivity index (χ4v) is 4.87. The van der Waals surface area contributed by atoms with E-state index in [1.54, 1.807) is 36.4 Å². The van der Waals surface area contributed by atoms with Crippen LogP contribution in [0.15, 0.2) is 82.0 Å². The molecular weight excluding hydrogens is 544 g/mol. The minimum Gasteiger partial charge on any atom is -0.508 e. The Labute approximate surface area is 238 Å². The lowest BCUT2D eigenvalue weighted by Crippen LogP contribution is -2.20. The minimum absolute atomic E-state index is 0.0194. The number of hydrogen-bond acceptors (Lipinski definition) is 10. The van der Waals surface area contributed by atoms with Crippen molar-refractivity contribution in [3.8, 4) is 57.3 Å². The first kappa shape index (κ1) is 26.6. The van der Waals surface area contributed by atoms with Crippen molar-refractivity contribution in [2.45, 2.75) is 12.5 Å². The molecule has 1 aromatic heterocycles. The molecule has 0 saturated carbocycles. The predicted molar refractivity (Wildman–Crippen MR) is 151 cm³/mol. The van der Waals surface area contributed by atoms with Gasteiger partial charge in [-0.2, -0.15) is 0 Å². The number of phenolic OH excluding ortho intramolecular Hbond substituents is 3. The number of rotatable bonds is 6. The van der Waals surface area contributed by atoms with Gasteiger partial charge in [0.05, 0.1) is 20.6 Å². The van der Waals surface area contributed by atoms with Gasteiger partial charge in [0.2, 0.25) is 5.75 Å². The largest absolute Gasteiger partial charge is 0.508 e. The molecule has 1 aliphatic heterocycles. The van der Waals surface area contributed by atoms with Crippen LogP contribution in [0.25, 0.3) is 22.3 Å². The Morgan fingerprint density at radius 1 is 0.833 bits per heavy atom. The van der Waals surface area contributed by atoms with Crippen LogP contribution in [0.1, 0.15) is 28.4 Å². The summed E-state index contributed by atoms with van der Waals surface area (Å²) >= 11 is 0. The summed E-state index contributed by atoms with van der Waals surface area (Å²) < 4.78 is 28.5. The van der Waals surface area contributed by atoms with Crippen molar-refractivity contribution in [3.63, 3.8) is 0 Å². The third-order valence-corrected chi connectivity index (χ3v) is 6.97. The number of carbonyl (C=O) groups is 1. The second-order valence-electron chi connectivity index (χ2n) is 9.58. The summed E-state index contributed by atoms with van der Waals surface area (Å²) in [5.74, 6) is 0.212. The van der Waals surface area contributed by atoms with Gasteiger partial charge >= 0.3 is 0 Å². The van der Waals surface area contributed by atoms with Gasteiger partial charge in [-0.05, 0) is 42.0 Å². The molecule has 6 rings (SSSR count). The first-order chi connectivity index (χ1) is 20.2. The highest BCUT2D eigenvalue weighted by atomic mass is 16.5. The number of aromatic hydroxyl groups is 3. The molecule has 0 amide bonds. The van der Waals surface area contributed by atoms with Crippen LogP contribution in [0.3, 0.4) is 0 Å². The van der Waals surface area contributed by atoms with Gasteiger partial charge in [-0.25, -0.2) is 0 Å². The quantitative estimate of drug-likeness (QED) is 0.220. The average molecular weight is 569 g/mol. The maximum atomic E-state index is 13.1. The van der Waals surface area contributed by atoms with Gasteiger partial charge in [-0.3, -0.25) is 9.59 Å². The first-order valence-electron chi connectivity index (χ1n) is 12.8. The van der Waals surface area contributed by atoms with Crippen LogP contribution in [0.4, 0.5) is 0 Å². The van der Waals surface area contributed by atoms with Crippen LogP contribution >= 0.6 is 0 Å². The number of Topliss-reactive ketones (excluding diaryl/α,β-unsaturated/α-hetero) is 1. The Morgan fingerprint density at radius 2 is 1.57 bits per heavy atom. The standard InChI is InChI=1S/C32H24O10/c1-38-20-11-21(34)29-22(35)13-24(41-26(29)12-20)17-5-9-19(10-6-17)40-32-28(39-2)15-27-30(31(32)37)23(36)14-25(42-27)16-3-7-18(33)8-4-16/h3-13,15,25,33-34,37H,14H2,1-2H3/t25-/m0/s1. The third kappa shape index (κ3) is 4.68. The van der Waals surface area contributed by atoms with Crippen molar-refractivity contribution >= 4 is 16.8 Å². The topological polar surface area (TPSA) is 145 Å². The molecule has 0 unspecified atom stereocenters. The third-order valence-electron chi connectivity index (χ3n) is 6.97. The van der Waals surface area contributed by atoms with E-state index in [2.05, 4.69) is 0 Å². The van der Waals surface area contributed by atoms with E-state index in [0.717, 1.165) is 0 Å². The van der Waals surface area contributed by atoms with E-state index in [0.29, 0.717) is 22.6 Å². The van der Waals surface area contributed by atoms with Crippen LogP contribution in [-0.2, 0) is 0 Å². The number of hydrogen-bond donors (Lipinski definition) is 3.